The Bertz CT molecular complexity index is 1190. The number of likely N-dealkylation sites (N-methyl/N-ethyl adjacent to an activating group) is 1. The van der Waals surface area contributed by atoms with E-state index in [0.717, 1.165) is 27.8 Å². The number of H-pyrrole nitrogens is 1. The van der Waals surface area contributed by atoms with E-state index in [0.29, 0.717) is 12.3 Å². The van der Waals surface area contributed by atoms with Gasteiger partial charge in [0.1, 0.15) is 17.3 Å². The Hall–Kier alpha value is -3.80. The number of ether oxygens (including phenoxy) is 2. The van der Waals surface area contributed by atoms with Gasteiger partial charge in [0.25, 0.3) is 5.91 Å². The van der Waals surface area contributed by atoms with Crippen LogP contribution in [0.5, 0.6) is 11.5 Å². The van der Waals surface area contributed by atoms with E-state index >= 15 is 0 Å². The summed E-state index contributed by atoms with van der Waals surface area (Å²) in [5.74, 6) is 0.685. The smallest absolute Gasteiger partial charge is 0.261 e. The number of rotatable bonds is 8. The second kappa shape index (κ2) is 9.56. The number of aromatic nitrogens is 1. The lowest BCUT2D eigenvalue weighted by Gasteiger charge is -2.31. The van der Waals surface area contributed by atoms with Gasteiger partial charge in [-0.15, -0.1) is 0 Å². The van der Waals surface area contributed by atoms with Crippen LogP contribution < -0.4 is 9.47 Å². The van der Waals surface area contributed by atoms with Crippen molar-refractivity contribution in [3.8, 4) is 11.5 Å². The Labute approximate surface area is 186 Å². The predicted octanol–water partition coefficient (Wildman–Crippen LogP) is 5.33. The van der Waals surface area contributed by atoms with E-state index < -0.39 is 0 Å². The quantitative estimate of drug-likeness (QED) is 0.409. The average molecular weight is 432 g/mol. The number of aromatic amines is 1. The fourth-order valence-electron chi connectivity index (χ4n) is 3.90. The molecule has 0 saturated heterocycles. The van der Waals surface area contributed by atoms with Gasteiger partial charge in [-0.3, -0.25) is 4.79 Å². The standard InChI is InChI=1S/C26H25FN2O3/c1-3-29(25(30)17-32-21-14-10-19(27)11-15-21)26(18-8-12-20(31-2)13-9-18)23-16-28-24-7-5-4-6-22(23)24/h4-16,26,28H,3,17H2,1-2H3/t26-/m0/s1. The molecule has 5 nitrogen and oxygen atoms in total. The Kier molecular flexibility index (Phi) is 6.40. The van der Waals surface area contributed by atoms with Crippen molar-refractivity contribution < 1.29 is 18.7 Å². The molecule has 3 aromatic carbocycles. The molecule has 1 atom stereocenters. The van der Waals surface area contributed by atoms with E-state index in [1.165, 1.54) is 24.3 Å². The van der Waals surface area contributed by atoms with Crippen LogP contribution in [-0.4, -0.2) is 36.1 Å². The molecule has 32 heavy (non-hydrogen) atoms. The molecule has 4 aromatic rings. The van der Waals surface area contributed by atoms with E-state index in [2.05, 4.69) is 4.98 Å². The maximum absolute atomic E-state index is 13.3. The molecule has 1 heterocycles. The van der Waals surface area contributed by atoms with E-state index in [1.807, 2.05) is 61.7 Å². The number of methoxy groups -OCH3 is 1. The molecule has 0 bridgehead atoms. The van der Waals surface area contributed by atoms with Gasteiger partial charge in [-0.05, 0) is 55.0 Å². The van der Waals surface area contributed by atoms with E-state index in [4.69, 9.17) is 9.47 Å². The Morgan fingerprint density at radius 2 is 1.69 bits per heavy atom. The molecule has 1 amide bonds. The second-order valence-electron chi connectivity index (χ2n) is 7.39. The first-order valence-corrected chi connectivity index (χ1v) is 10.5. The molecule has 0 aliphatic heterocycles. The lowest BCUT2D eigenvalue weighted by Crippen LogP contribution is -2.38. The van der Waals surface area contributed by atoms with Crippen molar-refractivity contribution >= 4 is 16.8 Å². The molecule has 0 aliphatic rings. The first-order valence-electron chi connectivity index (χ1n) is 10.5. The van der Waals surface area contributed by atoms with Crippen molar-refractivity contribution in [2.45, 2.75) is 13.0 Å². The number of benzene rings is 3. The number of fused-ring (bicyclic) bond motifs is 1. The zero-order valence-electron chi connectivity index (χ0n) is 18.0. The number of nitrogens with zero attached hydrogens (tertiary/aromatic N) is 1. The van der Waals surface area contributed by atoms with Gasteiger partial charge in [-0.2, -0.15) is 0 Å². The van der Waals surface area contributed by atoms with Gasteiger partial charge in [0, 0.05) is 29.2 Å². The van der Waals surface area contributed by atoms with Crippen molar-refractivity contribution in [3.05, 3.63) is 95.9 Å². The molecule has 4 rings (SSSR count). The number of para-hydroxylation sites is 1. The van der Waals surface area contributed by atoms with Crippen molar-refractivity contribution in [1.82, 2.24) is 9.88 Å². The summed E-state index contributed by atoms with van der Waals surface area (Å²) >= 11 is 0. The molecule has 0 spiro atoms. The van der Waals surface area contributed by atoms with Crippen molar-refractivity contribution in [2.24, 2.45) is 0 Å². The summed E-state index contributed by atoms with van der Waals surface area (Å²) in [6, 6.07) is 21.1. The fourth-order valence-corrected chi connectivity index (χ4v) is 3.90. The first-order chi connectivity index (χ1) is 15.6. The molecule has 1 aromatic heterocycles. The highest BCUT2D eigenvalue weighted by Crippen LogP contribution is 2.34. The molecule has 0 fully saturated rings. The summed E-state index contributed by atoms with van der Waals surface area (Å²) in [6.45, 7) is 2.29. The average Bonchev–Trinajstić information content (AvgIpc) is 3.26. The minimum Gasteiger partial charge on any atom is -0.497 e. The third-order valence-electron chi connectivity index (χ3n) is 5.50. The van der Waals surface area contributed by atoms with Crippen LogP contribution in [0.3, 0.4) is 0 Å². The van der Waals surface area contributed by atoms with Gasteiger partial charge < -0.3 is 19.4 Å². The molecule has 164 valence electrons. The normalized spacial score (nSPS) is 11.8. The SMILES string of the molecule is CCN(C(=O)COc1ccc(F)cc1)[C@@H](c1ccc(OC)cc1)c1c[nH]c2ccccc12. The largest absolute Gasteiger partial charge is 0.497 e. The third kappa shape index (κ3) is 4.44. The lowest BCUT2D eigenvalue weighted by molar-refractivity contribution is -0.134. The van der Waals surface area contributed by atoms with Crippen LogP contribution in [0.25, 0.3) is 10.9 Å². The van der Waals surface area contributed by atoms with Gasteiger partial charge >= 0.3 is 0 Å². The molecule has 1 N–H and O–H groups in total. The minimum absolute atomic E-state index is 0.144. The van der Waals surface area contributed by atoms with E-state index in [1.54, 1.807) is 12.0 Å². The second-order valence-corrected chi connectivity index (χ2v) is 7.39. The Morgan fingerprint density at radius 3 is 2.38 bits per heavy atom. The van der Waals surface area contributed by atoms with Crippen molar-refractivity contribution in [3.63, 3.8) is 0 Å². The summed E-state index contributed by atoms with van der Waals surface area (Å²) in [7, 11) is 1.63. The Morgan fingerprint density at radius 1 is 1.00 bits per heavy atom. The number of amides is 1. The number of hydrogen-bond acceptors (Lipinski definition) is 3. The van der Waals surface area contributed by atoms with Crippen LogP contribution in [0, 0.1) is 5.82 Å². The van der Waals surface area contributed by atoms with Crippen molar-refractivity contribution in [1.29, 1.82) is 0 Å². The predicted molar refractivity (Wildman–Crippen MR) is 122 cm³/mol. The molecule has 0 aliphatic carbocycles. The third-order valence-corrected chi connectivity index (χ3v) is 5.50. The first kappa shape index (κ1) is 21.4. The number of carbonyl (C=O) groups excluding carboxylic acids is 1. The van der Waals surface area contributed by atoms with Crippen molar-refractivity contribution in [2.75, 3.05) is 20.3 Å². The number of nitrogens with one attached hydrogen (secondary N) is 1. The van der Waals surface area contributed by atoms with Gasteiger partial charge in [-0.1, -0.05) is 30.3 Å². The van der Waals surface area contributed by atoms with E-state index in [9.17, 15) is 9.18 Å². The summed E-state index contributed by atoms with van der Waals surface area (Å²) in [4.78, 5) is 18.4. The molecular weight excluding hydrogens is 407 g/mol. The molecular formula is C26H25FN2O3. The summed E-state index contributed by atoms with van der Waals surface area (Å²) in [5, 5.41) is 1.05. The monoisotopic (exact) mass is 432 g/mol. The zero-order chi connectivity index (χ0) is 22.5. The number of carbonyl (C=O) groups is 1. The van der Waals surface area contributed by atoms with Crippen LogP contribution in [0.15, 0.2) is 79.0 Å². The summed E-state index contributed by atoms with van der Waals surface area (Å²) in [5.41, 5.74) is 2.97. The van der Waals surface area contributed by atoms with Crippen LogP contribution in [0.2, 0.25) is 0 Å². The zero-order valence-corrected chi connectivity index (χ0v) is 18.0. The topological polar surface area (TPSA) is 54.6 Å². The maximum atomic E-state index is 13.3. The lowest BCUT2D eigenvalue weighted by atomic mass is 9.96. The number of halogens is 1. The highest BCUT2D eigenvalue weighted by Gasteiger charge is 2.28. The Balaban J connectivity index is 1.68. The van der Waals surface area contributed by atoms with Gasteiger partial charge in [0.2, 0.25) is 0 Å². The minimum atomic E-state index is -0.349. The molecule has 0 radical (unpaired) electrons. The van der Waals surface area contributed by atoms with Gasteiger partial charge in [0.05, 0.1) is 13.2 Å². The van der Waals surface area contributed by atoms with Crippen LogP contribution in [0.4, 0.5) is 4.39 Å². The highest BCUT2D eigenvalue weighted by molar-refractivity contribution is 5.86. The van der Waals surface area contributed by atoms with Crippen LogP contribution in [0.1, 0.15) is 24.1 Å². The van der Waals surface area contributed by atoms with Crippen LogP contribution in [-0.2, 0) is 4.79 Å². The summed E-state index contributed by atoms with van der Waals surface area (Å²) in [6.07, 6.45) is 1.95. The van der Waals surface area contributed by atoms with E-state index in [-0.39, 0.29) is 24.4 Å². The molecule has 0 unspecified atom stereocenters. The van der Waals surface area contributed by atoms with Gasteiger partial charge in [-0.25, -0.2) is 4.39 Å². The fraction of sp³-hybridized carbons (Fsp3) is 0.192. The highest BCUT2D eigenvalue weighted by atomic mass is 19.1. The van der Waals surface area contributed by atoms with Gasteiger partial charge in [0.15, 0.2) is 6.61 Å². The van der Waals surface area contributed by atoms with Crippen LogP contribution >= 0.6 is 0 Å². The number of hydrogen-bond donors (Lipinski definition) is 1. The molecule has 0 saturated carbocycles. The maximum Gasteiger partial charge on any atom is 0.261 e. The molecule has 6 heteroatoms. The summed E-state index contributed by atoms with van der Waals surface area (Å²) < 4.78 is 24.1.